The molecule has 8 heteroatoms. The molecule has 0 aliphatic heterocycles. The third-order valence-electron chi connectivity index (χ3n) is 3.31. The molecule has 0 radical (unpaired) electrons. The Morgan fingerprint density at radius 1 is 1.43 bits per heavy atom. The Morgan fingerprint density at radius 2 is 2.19 bits per heavy atom. The summed E-state index contributed by atoms with van der Waals surface area (Å²) in [7, 11) is -3.33. The highest BCUT2D eigenvalue weighted by molar-refractivity contribution is 7.89. The van der Waals surface area contributed by atoms with Gasteiger partial charge in [0.15, 0.2) is 0 Å². The number of aromatic nitrogens is 1. The average molecular weight is 313 g/mol. The van der Waals surface area contributed by atoms with Crippen LogP contribution in [0.5, 0.6) is 0 Å². The molecule has 0 spiro atoms. The van der Waals surface area contributed by atoms with Gasteiger partial charge in [0.2, 0.25) is 10.0 Å². The number of carboxylic acids is 1. The average Bonchev–Trinajstić information content (AvgIpc) is 2.84. The summed E-state index contributed by atoms with van der Waals surface area (Å²) in [5, 5.41) is 12.1. The first-order valence-corrected chi connectivity index (χ1v) is 8.55. The number of pyridine rings is 1. The Balaban J connectivity index is 2.11. The highest BCUT2D eigenvalue weighted by Gasteiger charge is 2.20. The summed E-state index contributed by atoms with van der Waals surface area (Å²) in [6.07, 6.45) is 2.65. The molecule has 7 nitrogen and oxygen atoms in total. The Labute approximate surface area is 123 Å². The summed E-state index contributed by atoms with van der Waals surface area (Å²) in [5.74, 6) is -0.942. The lowest BCUT2D eigenvalue weighted by Crippen LogP contribution is -2.29. The third-order valence-corrected chi connectivity index (χ3v) is 4.78. The number of hydrogen-bond donors (Lipinski definition) is 3. The van der Waals surface area contributed by atoms with Crippen LogP contribution in [0.2, 0.25) is 0 Å². The lowest BCUT2D eigenvalue weighted by Gasteiger charge is -2.11. The molecule has 0 amide bonds. The Bertz CT molecular complexity index is 643. The van der Waals surface area contributed by atoms with Gasteiger partial charge in [-0.1, -0.05) is 6.92 Å². The van der Waals surface area contributed by atoms with Crippen molar-refractivity contribution in [1.29, 1.82) is 0 Å². The maximum atomic E-state index is 11.5. The van der Waals surface area contributed by atoms with Gasteiger partial charge in [0.25, 0.3) is 0 Å². The summed E-state index contributed by atoms with van der Waals surface area (Å²) in [5.41, 5.74) is 1.96. The van der Waals surface area contributed by atoms with Crippen molar-refractivity contribution in [3.63, 3.8) is 0 Å². The van der Waals surface area contributed by atoms with Crippen LogP contribution < -0.4 is 10.0 Å². The number of carbonyl (C=O) groups is 1. The van der Waals surface area contributed by atoms with E-state index in [9.17, 15) is 18.3 Å². The summed E-state index contributed by atoms with van der Waals surface area (Å²) >= 11 is 0. The molecule has 1 heterocycles. The van der Waals surface area contributed by atoms with E-state index >= 15 is 0 Å². The van der Waals surface area contributed by atoms with Gasteiger partial charge in [0.1, 0.15) is 11.4 Å². The summed E-state index contributed by atoms with van der Waals surface area (Å²) in [4.78, 5) is 15.6. The Morgan fingerprint density at radius 3 is 2.86 bits per heavy atom. The molecule has 3 N–H and O–H groups in total. The van der Waals surface area contributed by atoms with Crippen molar-refractivity contribution < 1.29 is 18.3 Å². The zero-order valence-electron chi connectivity index (χ0n) is 11.8. The molecule has 2 rings (SSSR count). The molecule has 21 heavy (non-hydrogen) atoms. The van der Waals surface area contributed by atoms with Crippen molar-refractivity contribution in [2.75, 3.05) is 24.2 Å². The van der Waals surface area contributed by atoms with E-state index in [1.54, 1.807) is 13.0 Å². The van der Waals surface area contributed by atoms with Crippen molar-refractivity contribution >= 4 is 21.8 Å². The topological polar surface area (TPSA) is 108 Å². The first-order valence-electron chi connectivity index (χ1n) is 6.90. The number of aryl methyl sites for hydroxylation is 2. The van der Waals surface area contributed by atoms with Gasteiger partial charge in [0, 0.05) is 18.8 Å². The standard InChI is InChI=1S/C13H19N3O4S/c1-2-15-21(19,20)7-6-14-12-10(13(17)18)8-9-4-3-5-11(9)16-12/h8,15H,2-7H2,1H3,(H,14,16)(H,17,18). The molecule has 0 unspecified atom stereocenters. The van der Waals surface area contributed by atoms with Crippen LogP contribution in [0.3, 0.4) is 0 Å². The second-order valence-electron chi connectivity index (χ2n) is 4.89. The smallest absolute Gasteiger partial charge is 0.339 e. The second kappa shape index (κ2) is 6.40. The number of rotatable bonds is 7. The number of nitrogens with zero attached hydrogens (tertiary/aromatic N) is 1. The maximum absolute atomic E-state index is 11.5. The molecule has 0 fully saturated rings. The molecule has 0 saturated heterocycles. The number of aromatic carboxylic acids is 1. The molecule has 1 aromatic rings. The third kappa shape index (κ3) is 3.92. The fourth-order valence-corrected chi connectivity index (χ4v) is 3.32. The van der Waals surface area contributed by atoms with Crippen LogP contribution >= 0.6 is 0 Å². The van der Waals surface area contributed by atoms with Gasteiger partial charge in [-0.25, -0.2) is 22.9 Å². The monoisotopic (exact) mass is 313 g/mol. The quantitative estimate of drug-likeness (QED) is 0.681. The van der Waals surface area contributed by atoms with E-state index < -0.39 is 16.0 Å². The van der Waals surface area contributed by atoms with Gasteiger partial charge >= 0.3 is 5.97 Å². The maximum Gasteiger partial charge on any atom is 0.339 e. The molecule has 0 atom stereocenters. The second-order valence-corrected chi connectivity index (χ2v) is 6.82. The van der Waals surface area contributed by atoms with Gasteiger partial charge in [0.05, 0.1) is 5.75 Å². The van der Waals surface area contributed by atoms with Crippen molar-refractivity contribution in [3.8, 4) is 0 Å². The van der Waals surface area contributed by atoms with E-state index in [0.717, 1.165) is 30.5 Å². The minimum atomic E-state index is -3.33. The molecule has 0 saturated carbocycles. The van der Waals surface area contributed by atoms with E-state index in [1.165, 1.54) is 0 Å². The zero-order valence-corrected chi connectivity index (χ0v) is 12.7. The van der Waals surface area contributed by atoms with Crippen molar-refractivity contribution in [2.45, 2.75) is 26.2 Å². The fraction of sp³-hybridized carbons (Fsp3) is 0.538. The number of fused-ring (bicyclic) bond motifs is 1. The van der Waals surface area contributed by atoms with Gasteiger partial charge in [-0.2, -0.15) is 0 Å². The molecule has 1 aliphatic carbocycles. The summed E-state index contributed by atoms with van der Waals surface area (Å²) < 4.78 is 25.5. The van der Waals surface area contributed by atoms with Gasteiger partial charge in [-0.05, 0) is 30.9 Å². The highest BCUT2D eigenvalue weighted by Crippen LogP contribution is 2.25. The Hall–Kier alpha value is -1.67. The van der Waals surface area contributed by atoms with Crippen LogP contribution in [0.1, 0.15) is 35.0 Å². The zero-order chi connectivity index (χ0) is 15.5. The molecule has 1 aliphatic rings. The summed E-state index contributed by atoms with van der Waals surface area (Å²) in [6.45, 7) is 2.15. The van der Waals surface area contributed by atoms with Gasteiger partial charge < -0.3 is 10.4 Å². The van der Waals surface area contributed by atoms with E-state index in [4.69, 9.17) is 0 Å². The van der Waals surface area contributed by atoms with Crippen LogP contribution in [0.4, 0.5) is 5.82 Å². The fourth-order valence-electron chi connectivity index (χ4n) is 2.37. The van der Waals surface area contributed by atoms with E-state index in [-0.39, 0.29) is 23.7 Å². The highest BCUT2D eigenvalue weighted by atomic mass is 32.2. The number of carboxylic acid groups (broad SMARTS) is 1. The van der Waals surface area contributed by atoms with Gasteiger partial charge in [-0.15, -0.1) is 0 Å². The van der Waals surface area contributed by atoms with Crippen LogP contribution in [-0.2, 0) is 22.9 Å². The van der Waals surface area contributed by atoms with Crippen molar-refractivity contribution in [3.05, 3.63) is 22.9 Å². The molecular formula is C13H19N3O4S. The van der Waals surface area contributed by atoms with Crippen LogP contribution in [0, 0.1) is 0 Å². The lowest BCUT2D eigenvalue weighted by atomic mass is 10.1. The van der Waals surface area contributed by atoms with Crippen LogP contribution in [0.15, 0.2) is 6.07 Å². The Kier molecular flexibility index (Phi) is 4.79. The minimum Gasteiger partial charge on any atom is -0.478 e. The largest absolute Gasteiger partial charge is 0.478 e. The molecule has 0 bridgehead atoms. The normalized spacial score (nSPS) is 14.0. The van der Waals surface area contributed by atoms with Gasteiger partial charge in [-0.3, -0.25) is 0 Å². The predicted molar refractivity (Wildman–Crippen MR) is 79.2 cm³/mol. The van der Waals surface area contributed by atoms with Crippen molar-refractivity contribution in [2.24, 2.45) is 0 Å². The first kappa shape index (κ1) is 15.7. The van der Waals surface area contributed by atoms with E-state index in [1.807, 2.05) is 0 Å². The molecule has 0 aromatic carbocycles. The number of nitrogens with one attached hydrogen (secondary N) is 2. The van der Waals surface area contributed by atoms with Crippen LogP contribution in [0.25, 0.3) is 0 Å². The summed E-state index contributed by atoms with van der Waals surface area (Å²) in [6, 6.07) is 1.64. The lowest BCUT2D eigenvalue weighted by molar-refractivity contribution is 0.0697. The van der Waals surface area contributed by atoms with Crippen LogP contribution in [-0.4, -0.2) is 43.3 Å². The van der Waals surface area contributed by atoms with E-state index in [2.05, 4.69) is 15.0 Å². The number of hydrogen-bond acceptors (Lipinski definition) is 5. The van der Waals surface area contributed by atoms with E-state index in [0.29, 0.717) is 6.54 Å². The molecule has 1 aromatic heterocycles. The number of anilines is 1. The van der Waals surface area contributed by atoms with Crippen molar-refractivity contribution in [1.82, 2.24) is 9.71 Å². The minimum absolute atomic E-state index is 0.0940. The first-order chi connectivity index (χ1) is 9.93. The predicted octanol–water partition coefficient (Wildman–Crippen LogP) is 0.620. The SMILES string of the molecule is CCNS(=O)(=O)CCNc1nc2c(cc1C(=O)O)CCC2. The molecular weight excluding hydrogens is 294 g/mol. The number of sulfonamides is 1. The molecule has 116 valence electrons.